The summed E-state index contributed by atoms with van der Waals surface area (Å²) in [7, 11) is 1.82. The van der Waals surface area contributed by atoms with Gasteiger partial charge in [0.25, 0.3) is 0 Å². The first kappa shape index (κ1) is 24.0. The maximum absolute atomic E-state index is 12.5. The monoisotopic (exact) mass is 488 g/mol. The summed E-state index contributed by atoms with van der Waals surface area (Å²) in [6, 6.07) is 7.73. The molecule has 3 aromatic heterocycles. The summed E-state index contributed by atoms with van der Waals surface area (Å²) in [6.07, 6.45) is -1.33. The van der Waals surface area contributed by atoms with Gasteiger partial charge >= 0.3 is 6.36 Å². The van der Waals surface area contributed by atoms with E-state index in [9.17, 15) is 22.8 Å². The Balaban J connectivity index is 1.50. The van der Waals surface area contributed by atoms with Crippen molar-refractivity contribution in [2.45, 2.75) is 26.3 Å². The number of carbonyl (C=O) groups is 2. The molecule has 1 aromatic carbocycles. The van der Waals surface area contributed by atoms with E-state index >= 15 is 0 Å². The Bertz CT molecular complexity index is 1390. The number of nitrogens with zero attached hydrogens (tertiary/aromatic N) is 4. The lowest BCUT2D eigenvalue weighted by molar-refractivity contribution is -0.274. The number of alkyl halides is 3. The van der Waals surface area contributed by atoms with Crippen LogP contribution in [0.15, 0.2) is 42.7 Å². The number of halogens is 3. The van der Waals surface area contributed by atoms with Crippen LogP contribution >= 0.6 is 0 Å². The number of amides is 2. The molecule has 2 amide bonds. The first-order valence-electron chi connectivity index (χ1n) is 10.8. The average Bonchev–Trinajstić information content (AvgIpc) is 3.31. The van der Waals surface area contributed by atoms with Gasteiger partial charge in [-0.2, -0.15) is 5.10 Å². The number of rotatable bonds is 8. The van der Waals surface area contributed by atoms with Crippen LogP contribution in [-0.2, 0) is 29.6 Å². The van der Waals surface area contributed by atoms with Crippen molar-refractivity contribution in [3.8, 4) is 5.75 Å². The third-order valence-electron chi connectivity index (χ3n) is 5.38. The number of carbonyl (C=O) groups excluding carboxylic acids is 2. The smallest absolute Gasteiger partial charge is 0.406 e. The van der Waals surface area contributed by atoms with Gasteiger partial charge in [0.1, 0.15) is 5.75 Å². The number of aromatic nitrogens is 4. The molecular weight excluding hydrogens is 465 g/mol. The topological polar surface area (TPSA) is 103 Å². The van der Waals surface area contributed by atoms with Crippen LogP contribution < -0.4 is 15.4 Å². The number of benzene rings is 1. The molecule has 0 radical (unpaired) electrons. The molecule has 3 heterocycles. The molecule has 0 fully saturated rings. The summed E-state index contributed by atoms with van der Waals surface area (Å²) in [5.74, 6) is -0.675. The number of fused-ring (bicyclic) bond motifs is 2. The van der Waals surface area contributed by atoms with E-state index in [-0.39, 0.29) is 24.0 Å². The Labute approximate surface area is 197 Å². The van der Waals surface area contributed by atoms with E-state index in [2.05, 4.69) is 25.5 Å². The summed E-state index contributed by atoms with van der Waals surface area (Å²) in [6.45, 7) is 2.41. The average molecular weight is 488 g/mol. The Kier molecular flexibility index (Phi) is 6.63. The van der Waals surface area contributed by atoms with Crippen LogP contribution in [0.4, 0.5) is 13.2 Å². The van der Waals surface area contributed by atoms with Crippen molar-refractivity contribution in [3.05, 3.63) is 54.1 Å². The lowest BCUT2D eigenvalue weighted by atomic mass is 10.2. The quantitative estimate of drug-likeness (QED) is 0.371. The van der Waals surface area contributed by atoms with Gasteiger partial charge in [-0.25, -0.2) is 0 Å². The van der Waals surface area contributed by atoms with Crippen molar-refractivity contribution in [1.29, 1.82) is 0 Å². The lowest BCUT2D eigenvalue weighted by Crippen LogP contribution is -2.34. The molecule has 0 spiro atoms. The Hall–Kier alpha value is -4.09. The number of hydrogen-bond donors (Lipinski definition) is 2. The van der Waals surface area contributed by atoms with Gasteiger partial charge in [-0.1, -0.05) is 0 Å². The van der Waals surface area contributed by atoms with E-state index < -0.39 is 6.36 Å². The van der Waals surface area contributed by atoms with E-state index in [0.717, 1.165) is 16.6 Å². The Morgan fingerprint density at radius 3 is 2.63 bits per heavy atom. The van der Waals surface area contributed by atoms with Crippen LogP contribution in [0, 0.1) is 0 Å². The maximum atomic E-state index is 12.5. The molecule has 0 atom stereocenters. The zero-order valence-electron chi connectivity index (χ0n) is 19.0. The SMILES string of the molecule is CC(=O)NCCNC(=O)Cc1nccc2nn(Cc3cc4cc(OC(F)(F)F)ccc4n3C)cc12. The van der Waals surface area contributed by atoms with Crippen LogP contribution in [0.25, 0.3) is 21.8 Å². The summed E-state index contributed by atoms with van der Waals surface area (Å²) < 4.78 is 45.2. The number of ether oxygens (including phenoxy) is 1. The molecule has 0 saturated carbocycles. The highest BCUT2D eigenvalue weighted by molar-refractivity contribution is 5.87. The molecule has 4 aromatic rings. The van der Waals surface area contributed by atoms with Gasteiger partial charge in [-0.05, 0) is 30.3 Å². The molecule has 0 saturated heterocycles. The standard InChI is InChI=1S/C23H23F3N6O3/c1-14(33)27-7-8-29-22(34)11-20-18-13-32(30-19(18)5-6-28-20)12-16-9-15-10-17(35-23(24,25)26)3-4-21(15)31(16)2/h3-6,9-10,13H,7-8,11-12H2,1-2H3,(H,27,33)(H,29,34). The predicted molar refractivity (Wildman–Crippen MR) is 122 cm³/mol. The third kappa shape index (κ3) is 5.89. The second-order valence-corrected chi connectivity index (χ2v) is 7.99. The highest BCUT2D eigenvalue weighted by Crippen LogP contribution is 2.28. The fraction of sp³-hybridized carbons (Fsp3) is 0.304. The largest absolute Gasteiger partial charge is 0.573 e. The molecular formula is C23H23F3N6O3. The molecule has 0 aliphatic rings. The molecule has 0 unspecified atom stereocenters. The van der Waals surface area contributed by atoms with Crippen LogP contribution in [0.1, 0.15) is 18.3 Å². The lowest BCUT2D eigenvalue weighted by Gasteiger charge is -2.08. The first-order chi connectivity index (χ1) is 16.6. The van der Waals surface area contributed by atoms with Crippen molar-refractivity contribution in [1.82, 2.24) is 30.0 Å². The van der Waals surface area contributed by atoms with Gasteiger partial charge in [-0.3, -0.25) is 19.3 Å². The van der Waals surface area contributed by atoms with Crippen molar-refractivity contribution in [3.63, 3.8) is 0 Å². The number of aryl methyl sites for hydroxylation is 1. The fourth-order valence-electron chi connectivity index (χ4n) is 3.83. The summed E-state index contributed by atoms with van der Waals surface area (Å²) in [5, 5.41) is 11.2. The van der Waals surface area contributed by atoms with Gasteiger partial charge < -0.3 is 19.9 Å². The highest BCUT2D eigenvalue weighted by Gasteiger charge is 2.31. The van der Waals surface area contributed by atoms with Crippen LogP contribution in [0.5, 0.6) is 5.75 Å². The van der Waals surface area contributed by atoms with Crippen molar-refractivity contribution in [2.75, 3.05) is 13.1 Å². The summed E-state index contributed by atoms with van der Waals surface area (Å²) in [5.41, 5.74) is 2.81. The van der Waals surface area contributed by atoms with Crippen LogP contribution in [0.3, 0.4) is 0 Å². The van der Waals surface area contributed by atoms with Gasteiger partial charge in [0.15, 0.2) is 0 Å². The van der Waals surface area contributed by atoms with Gasteiger partial charge in [0.2, 0.25) is 11.8 Å². The molecule has 0 aliphatic heterocycles. The number of pyridine rings is 1. The van der Waals surface area contributed by atoms with Crippen molar-refractivity contribution in [2.24, 2.45) is 7.05 Å². The fourth-order valence-corrected chi connectivity index (χ4v) is 3.83. The number of hydrogen-bond acceptors (Lipinski definition) is 5. The van der Waals surface area contributed by atoms with Crippen LogP contribution in [0.2, 0.25) is 0 Å². The second kappa shape index (κ2) is 9.65. The zero-order valence-corrected chi connectivity index (χ0v) is 19.0. The first-order valence-corrected chi connectivity index (χ1v) is 10.8. The zero-order chi connectivity index (χ0) is 25.2. The van der Waals surface area contributed by atoms with E-state index in [1.54, 1.807) is 35.3 Å². The molecule has 12 heteroatoms. The van der Waals surface area contributed by atoms with E-state index in [0.29, 0.717) is 36.2 Å². The third-order valence-corrected chi connectivity index (χ3v) is 5.38. The van der Waals surface area contributed by atoms with E-state index in [1.165, 1.54) is 19.1 Å². The van der Waals surface area contributed by atoms with Gasteiger partial charge in [-0.15, -0.1) is 13.2 Å². The van der Waals surface area contributed by atoms with Crippen LogP contribution in [-0.4, -0.2) is 50.6 Å². The predicted octanol–water partition coefficient (Wildman–Crippen LogP) is 2.66. The molecule has 2 N–H and O–H groups in total. The number of nitrogens with one attached hydrogen (secondary N) is 2. The normalized spacial score (nSPS) is 11.7. The maximum Gasteiger partial charge on any atom is 0.573 e. The van der Waals surface area contributed by atoms with Crippen molar-refractivity contribution < 1.29 is 27.5 Å². The highest BCUT2D eigenvalue weighted by atomic mass is 19.4. The molecule has 4 rings (SSSR count). The Morgan fingerprint density at radius 2 is 1.89 bits per heavy atom. The summed E-state index contributed by atoms with van der Waals surface area (Å²) in [4.78, 5) is 27.5. The molecule has 184 valence electrons. The molecule has 0 bridgehead atoms. The van der Waals surface area contributed by atoms with E-state index in [1.807, 2.05) is 11.6 Å². The second-order valence-electron chi connectivity index (χ2n) is 7.99. The van der Waals surface area contributed by atoms with E-state index in [4.69, 9.17) is 0 Å². The van der Waals surface area contributed by atoms with Crippen molar-refractivity contribution >= 4 is 33.6 Å². The van der Waals surface area contributed by atoms with Gasteiger partial charge in [0.05, 0.1) is 24.2 Å². The molecule has 9 nitrogen and oxygen atoms in total. The Morgan fingerprint density at radius 1 is 1.11 bits per heavy atom. The summed E-state index contributed by atoms with van der Waals surface area (Å²) >= 11 is 0. The minimum absolute atomic E-state index is 0.0547. The molecule has 0 aliphatic carbocycles. The minimum Gasteiger partial charge on any atom is -0.406 e. The van der Waals surface area contributed by atoms with Gasteiger partial charge in [0, 0.05) is 61.4 Å². The molecule has 35 heavy (non-hydrogen) atoms. The minimum atomic E-state index is -4.76.